The van der Waals surface area contributed by atoms with E-state index in [1.165, 1.54) is 11.6 Å². The number of nitrogens with zero attached hydrogens (tertiary/aromatic N) is 3. The van der Waals surface area contributed by atoms with Gasteiger partial charge in [0.2, 0.25) is 5.91 Å². The number of carbonyl (C=O) groups is 1. The Hall–Kier alpha value is -3.15. The Kier molecular flexibility index (Phi) is 7.54. The van der Waals surface area contributed by atoms with Crippen molar-refractivity contribution < 1.29 is 4.79 Å². The van der Waals surface area contributed by atoms with E-state index < -0.39 is 0 Å². The van der Waals surface area contributed by atoms with Gasteiger partial charge in [-0.05, 0) is 54.0 Å². The van der Waals surface area contributed by atoms with Crippen LogP contribution in [0, 0.1) is 0 Å². The molecule has 2 heterocycles. The van der Waals surface area contributed by atoms with E-state index in [0.717, 1.165) is 56.1 Å². The number of para-hydroxylation sites is 2. The highest BCUT2D eigenvalue weighted by Gasteiger charge is 2.19. The lowest BCUT2D eigenvalue weighted by atomic mass is 10.1. The Balaban J connectivity index is 1.33. The van der Waals surface area contributed by atoms with Crippen molar-refractivity contribution in [2.75, 3.05) is 42.9 Å². The molecule has 164 valence electrons. The Labute approximate surface area is 194 Å². The average Bonchev–Trinajstić information content (AvgIpc) is 2.84. The van der Waals surface area contributed by atoms with Gasteiger partial charge >= 0.3 is 0 Å². The largest absolute Gasteiger partial charge is 0.367 e. The fourth-order valence-corrected chi connectivity index (χ4v) is 4.05. The molecule has 1 aliphatic rings. The van der Waals surface area contributed by atoms with Gasteiger partial charge in [-0.25, -0.2) is 0 Å². The molecule has 1 N–H and O–H groups in total. The Bertz CT molecular complexity index is 1060. The number of halogens is 1. The van der Waals surface area contributed by atoms with Crippen molar-refractivity contribution in [2.45, 2.75) is 6.42 Å². The monoisotopic (exact) mass is 446 g/mol. The van der Waals surface area contributed by atoms with Gasteiger partial charge in [0.15, 0.2) is 0 Å². The normalized spacial score (nSPS) is 14.6. The number of anilines is 2. The van der Waals surface area contributed by atoms with Crippen LogP contribution in [0.15, 0.2) is 79.1 Å². The van der Waals surface area contributed by atoms with E-state index >= 15 is 0 Å². The zero-order chi connectivity index (χ0) is 22.2. The highest BCUT2D eigenvalue weighted by atomic mass is 35.5. The minimum atomic E-state index is -0.173. The minimum Gasteiger partial charge on any atom is -0.367 e. The number of aromatic nitrogens is 1. The van der Waals surface area contributed by atoms with Crippen LogP contribution >= 0.6 is 11.6 Å². The van der Waals surface area contributed by atoms with E-state index in [1.807, 2.05) is 54.9 Å². The van der Waals surface area contributed by atoms with E-state index in [-0.39, 0.29) is 5.91 Å². The van der Waals surface area contributed by atoms with E-state index in [1.54, 1.807) is 6.08 Å². The first-order valence-corrected chi connectivity index (χ1v) is 11.3. The molecule has 0 spiro atoms. The first kappa shape index (κ1) is 22.1. The van der Waals surface area contributed by atoms with Gasteiger partial charge in [0.05, 0.1) is 11.4 Å². The van der Waals surface area contributed by atoms with Gasteiger partial charge in [0.25, 0.3) is 0 Å². The summed E-state index contributed by atoms with van der Waals surface area (Å²) in [4.78, 5) is 21.4. The van der Waals surface area contributed by atoms with Crippen molar-refractivity contribution in [1.82, 2.24) is 9.88 Å². The molecule has 0 radical (unpaired) electrons. The van der Waals surface area contributed by atoms with Crippen LogP contribution in [-0.2, 0) is 11.2 Å². The number of nitrogens with one attached hydrogen (secondary N) is 1. The maximum atomic E-state index is 12.5. The molecule has 0 aliphatic carbocycles. The molecule has 0 unspecified atom stereocenters. The van der Waals surface area contributed by atoms with Crippen molar-refractivity contribution in [2.24, 2.45) is 0 Å². The lowest BCUT2D eigenvalue weighted by Crippen LogP contribution is -2.47. The summed E-state index contributed by atoms with van der Waals surface area (Å²) in [5, 5.41) is 3.65. The average molecular weight is 447 g/mol. The molecule has 6 heteroatoms. The Morgan fingerprint density at radius 3 is 2.47 bits per heavy atom. The van der Waals surface area contributed by atoms with Crippen LogP contribution in [0.1, 0.15) is 11.1 Å². The second-order valence-corrected chi connectivity index (χ2v) is 8.20. The topological polar surface area (TPSA) is 48.5 Å². The lowest BCUT2D eigenvalue weighted by Gasteiger charge is -2.37. The minimum absolute atomic E-state index is 0.173. The predicted octanol–water partition coefficient (Wildman–Crippen LogP) is 4.75. The number of rotatable bonds is 7. The van der Waals surface area contributed by atoms with Crippen LogP contribution in [0.2, 0.25) is 5.02 Å². The second-order valence-electron chi connectivity index (χ2n) is 7.80. The molecule has 32 heavy (non-hydrogen) atoms. The first-order valence-electron chi connectivity index (χ1n) is 10.9. The van der Waals surface area contributed by atoms with Gasteiger partial charge in [-0.2, -0.15) is 0 Å². The smallest absolute Gasteiger partial charge is 0.248 e. The number of benzene rings is 2. The molecule has 0 saturated carbocycles. The van der Waals surface area contributed by atoms with Crippen LogP contribution in [0.4, 0.5) is 11.4 Å². The van der Waals surface area contributed by atoms with Gasteiger partial charge in [-0.15, -0.1) is 0 Å². The first-order chi connectivity index (χ1) is 15.7. The number of amides is 1. The van der Waals surface area contributed by atoms with E-state index in [4.69, 9.17) is 11.6 Å². The van der Waals surface area contributed by atoms with Crippen LogP contribution in [0.5, 0.6) is 0 Å². The molecule has 1 aliphatic heterocycles. The predicted molar refractivity (Wildman–Crippen MR) is 132 cm³/mol. The lowest BCUT2D eigenvalue weighted by molar-refractivity contribution is -0.111. The molecule has 5 nitrogen and oxygen atoms in total. The van der Waals surface area contributed by atoms with Crippen molar-refractivity contribution in [1.29, 1.82) is 0 Å². The van der Waals surface area contributed by atoms with Gasteiger partial charge in [0, 0.05) is 56.2 Å². The molecule has 3 aromatic rings. The third-order valence-corrected chi connectivity index (χ3v) is 6.00. The van der Waals surface area contributed by atoms with E-state index in [2.05, 4.69) is 38.3 Å². The third-order valence-electron chi connectivity index (χ3n) is 5.66. The van der Waals surface area contributed by atoms with Crippen molar-refractivity contribution in [3.8, 4) is 0 Å². The van der Waals surface area contributed by atoms with Crippen LogP contribution < -0.4 is 10.2 Å². The molecule has 1 saturated heterocycles. The molecule has 1 amide bonds. The SMILES string of the molecule is O=C(/C=C/c1ccccc1Cl)Nc1ccccc1N1CCN(CCc2ccncc2)CC1. The van der Waals surface area contributed by atoms with Crippen LogP contribution in [0.25, 0.3) is 6.08 Å². The zero-order valence-electron chi connectivity index (χ0n) is 18.0. The van der Waals surface area contributed by atoms with Crippen molar-refractivity contribution >= 4 is 35.0 Å². The summed E-state index contributed by atoms with van der Waals surface area (Å²) in [5.41, 5.74) is 4.02. The van der Waals surface area contributed by atoms with E-state index in [9.17, 15) is 4.79 Å². The van der Waals surface area contributed by atoms with E-state index in [0.29, 0.717) is 5.02 Å². The number of piperazine rings is 1. The quantitative estimate of drug-likeness (QED) is 0.532. The Morgan fingerprint density at radius 2 is 1.69 bits per heavy atom. The van der Waals surface area contributed by atoms with Crippen molar-refractivity contribution in [3.63, 3.8) is 0 Å². The fourth-order valence-electron chi connectivity index (χ4n) is 3.85. The molecular weight excluding hydrogens is 420 g/mol. The maximum absolute atomic E-state index is 12.5. The van der Waals surface area contributed by atoms with Gasteiger partial charge in [-0.1, -0.05) is 41.9 Å². The molecule has 0 atom stereocenters. The van der Waals surface area contributed by atoms with Gasteiger partial charge in [0.1, 0.15) is 0 Å². The molecule has 1 fully saturated rings. The van der Waals surface area contributed by atoms with Crippen LogP contribution in [-0.4, -0.2) is 48.5 Å². The van der Waals surface area contributed by atoms with Crippen LogP contribution in [0.3, 0.4) is 0 Å². The molecule has 0 bridgehead atoms. The summed E-state index contributed by atoms with van der Waals surface area (Å²) in [6.07, 6.45) is 7.99. The Morgan fingerprint density at radius 1 is 0.969 bits per heavy atom. The molecule has 2 aromatic carbocycles. The number of carbonyl (C=O) groups excluding carboxylic acids is 1. The third kappa shape index (κ3) is 5.96. The molecular formula is C26H27ClN4O. The fraction of sp³-hybridized carbons (Fsp3) is 0.231. The standard InChI is InChI=1S/C26H27ClN4O/c27-23-6-2-1-5-22(23)9-10-26(32)29-24-7-3-4-8-25(24)31-19-17-30(18-20-31)16-13-21-11-14-28-15-12-21/h1-12,14-15H,13,16-20H2,(H,29,32)/b10-9+. The number of pyridine rings is 1. The highest BCUT2D eigenvalue weighted by Crippen LogP contribution is 2.27. The summed E-state index contributed by atoms with van der Waals surface area (Å²) in [7, 11) is 0. The number of hydrogen-bond acceptors (Lipinski definition) is 4. The summed E-state index contributed by atoms with van der Waals surface area (Å²) < 4.78 is 0. The highest BCUT2D eigenvalue weighted by molar-refractivity contribution is 6.32. The maximum Gasteiger partial charge on any atom is 0.248 e. The second kappa shape index (κ2) is 10.9. The van der Waals surface area contributed by atoms with Crippen molar-refractivity contribution in [3.05, 3.63) is 95.3 Å². The number of hydrogen-bond donors (Lipinski definition) is 1. The summed E-state index contributed by atoms with van der Waals surface area (Å²) >= 11 is 6.17. The molecule has 4 rings (SSSR count). The zero-order valence-corrected chi connectivity index (χ0v) is 18.7. The summed E-state index contributed by atoms with van der Waals surface area (Å²) in [6, 6.07) is 19.6. The van der Waals surface area contributed by atoms with Gasteiger partial charge in [-0.3, -0.25) is 14.7 Å². The summed E-state index contributed by atoms with van der Waals surface area (Å²) in [5.74, 6) is -0.173. The van der Waals surface area contributed by atoms with Gasteiger partial charge < -0.3 is 10.2 Å². The summed E-state index contributed by atoms with van der Waals surface area (Å²) in [6.45, 7) is 4.90. The molecule has 1 aromatic heterocycles.